The lowest BCUT2D eigenvalue weighted by Gasteiger charge is -2.45. The molecule has 0 amide bonds. The molecule has 1 aliphatic carbocycles. The lowest BCUT2D eigenvalue weighted by Crippen LogP contribution is -2.56. The number of esters is 1. The van der Waals surface area contributed by atoms with Crippen LogP contribution < -0.4 is 0 Å². The first kappa shape index (κ1) is 26.0. The van der Waals surface area contributed by atoms with Crippen molar-refractivity contribution in [3.05, 3.63) is 34.9 Å². The van der Waals surface area contributed by atoms with E-state index in [9.17, 15) is 4.79 Å². The molecule has 0 aromatic heterocycles. The van der Waals surface area contributed by atoms with E-state index in [-0.39, 0.29) is 12.0 Å². The largest absolute Gasteiger partial charge is 0.467 e. The molecule has 3 unspecified atom stereocenters. The van der Waals surface area contributed by atoms with E-state index >= 15 is 0 Å². The first-order valence-corrected chi connectivity index (χ1v) is 12.9. The maximum atomic E-state index is 13.2. The SMILES string of the molecule is CCCN1C=NC(CC(C)C)(C(=O)OC)C1C1CCC(C(c2ccc(Cl)cc2)N(C)C)CC1. The minimum atomic E-state index is -0.785. The fourth-order valence-corrected chi connectivity index (χ4v) is 6.50. The highest BCUT2D eigenvalue weighted by Gasteiger charge is 2.55. The van der Waals surface area contributed by atoms with Gasteiger partial charge in [0.2, 0.25) is 0 Å². The van der Waals surface area contributed by atoms with Crippen molar-refractivity contribution < 1.29 is 9.53 Å². The Morgan fingerprint density at radius 1 is 1.21 bits per heavy atom. The van der Waals surface area contributed by atoms with Crippen LogP contribution in [-0.2, 0) is 9.53 Å². The summed E-state index contributed by atoms with van der Waals surface area (Å²) in [5.41, 5.74) is 0.542. The second-order valence-electron chi connectivity index (χ2n) is 10.6. The van der Waals surface area contributed by atoms with Crippen LogP contribution >= 0.6 is 11.6 Å². The van der Waals surface area contributed by atoms with E-state index in [0.29, 0.717) is 23.8 Å². The second kappa shape index (κ2) is 11.2. The molecule has 1 saturated carbocycles. The molecule has 3 atom stereocenters. The Hall–Kier alpha value is -1.59. The van der Waals surface area contributed by atoms with Crippen LogP contribution in [-0.4, -0.2) is 61.4 Å². The van der Waals surface area contributed by atoms with Crippen LogP contribution in [0.5, 0.6) is 0 Å². The van der Waals surface area contributed by atoms with E-state index in [0.717, 1.165) is 50.1 Å². The number of carbonyl (C=O) groups is 1. The molecule has 1 heterocycles. The van der Waals surface area contributed by atoms with E-state index in [4.69, 9.17) is 21.3 Å². The average molecular weight is 476 g/mol. The van der Waals surface area contributed by atoms with Gasteiger partial charge in [-0.05, 0) is 88.1 Å². The number of benzene rings is 1. The highest BCUT2D eigenvalue weighted by Crippen LogP contribution is 2.46. The van der Waals surface area contributed by atoms with Crippen LogP contribution in [0.25, 0.3) is 0 Å². The molecule has 184 valence electrons. The standard InChI is InChI=1S/C27H42ClN3O2/c1-7-16-31-18-29-27(17-19(2)3,26(32)33-6)25(31)22-10-8-20(9-11-22)24(30(4)5)21-12-14-23(28)15-13-21/h12-15,18-20,22,24-25H,7-11,16-17H2,1-6H3. The number of halogens is 1. The highest BCUT2D eigenvalue weighted by atomic mass is 35.5. The summed E-state index contributed by atoms with van der Waals surface area (Å²) in [6.45, 7) is 7.46. The minimum absolute atomic E-state index is 0.0848. The molecule has 1 aliphatic heterocycles. The van der Waals surface area contributed by atoms with E-state index in [2.05, 4.69) is 56.8 Å². The Morgan fingerprint density at radius 2 is 1.85 bits per heavy atom. The maximum Gasteiger partial charge on any atom is 0.335 e. The zero-order chi connectivity index (χ0) is 24.2. The smallest absolute Gasteiger partial charge is 0.335 e. The molecule has 0 radical (unpaired) electrons. The Balaban J connectivity index is 1.82. The fraction of sp³-hybridized carbons (Fsp3) is 0.704. The van der Waals surface area contributed by atoms with Gasteiger partial charge in [0.1, 0.15) is 0 Å². The summed E-state index contributed by atoms with van der Waals surface area (Å²) in [4.78, 5) is 22.7. The Kier molecular flexibility index (Phi) is 8.85. The van der Waals surface area contributed by atoms with Crippen LogP contribution in [0.3, 0.4) is 0 Å². The van der Waals surface area contributed by atoms with E-state index < -0.39 is 5.54 Å². The van der Waals surface area contributed by atoms with Gasteiger partial charge in [0.05, 0.1) is 19.5 Å². The van der Waals surface area contributed by atoms with E-state index in [1.807, 2.05) is 18.5 Å². The Bertz CT molecular complexity index is 802. The van der Waals surface area contributed by atoms with Crippen molar-refractivity contribution in [1.29, 1.82) is 0 Å². The predicted molar refractivity (Wildman–Crippen MR) is 137 cm³/mol. The fourth-order valence-electron chi connectivity index (χ4n) is 6.37. The Labute approximate surface area is 205 Å². The maximum absolute atomic E-state index is 13.2. The van der Waals surface area contributed by atoms with Gasteiger partial charge in [-0.2, -0.15) is 0 Å². The number of nitrogens with zero attached hydrogens (tertiary/aromatic N) is 3. The number of carbonyl (C=O) groups excluding carboxylic acids is 1. The molecule has 0 bridgehead atoms. The molecule has 33 heavy (non-hydrogen) atoms. The van der Waals surface area contributed by atoms with Crippen molar-refractivity contribution >= 4 is 23.9 Å². The number of methoxy groups -OCH3 is 1. The lowest BCUT2D eigenvalue weighted by atomic mass is 9.68. The normalized spacial score (nSPS) is 28.5. The summed E-state index contributed by atoms with van der Waals surface area (Å²) in [7, 11) is 5.85. The second-order valence-corrected chi connectivity index (χ2v) is 11.0. The predicted octanol–water partition coefficient (Wildman–Crippen LogP) is 5.83. The average Bonchev–Trinajstić information content (AvgIpc) is 3.13. The number of aliphatic imine (C=N–C) groups is 1. The number of ether oxygens (including phenoxy) is 1. The van der Waals surface area contributed by atoms with Crippen LogP contribution in [0.4, 0.5) is 0 Å². The summed E-state index contributed by atoms with van der Waals surface area (Å²) < 4.78 is 5.35. The molecular formula is C27H42ClN3O2. The first-order chi connectivity index (χ1) is 15.7. The van der Waals surface area contributed by atoms with Crippen molar-refractivity contribution in [2.45, 2.75) is 76.9 Å². The van der Waals surface area contributed by atoms with Crippen LogP contribution in [0.2, 0.25) is 5.02 Å². The molecule has 2 aliphatic rings. The van der Waals surface area contributed by atoms with Crippen LogP contribution in [0.15, 0.2) is 29.3 Å². The van der Waals surface area contributed by atoms with Gasteiger partial charge in [0, 0.05) is 17.6 Å². The molecule has 5 nitrogen and oxygen atoms in total. The summed E-state index contributed by atoms with van der Waals surface area (Å²) >= 11 is 6.15. The minimum Gasteiger partial charge on any atom is -0.467 e. The van der Waals surface area contributed by atoms with Crippen LogP contribution in [0, 0.1) is 17.8 Å². The zero-order valence-corrected chi connectivity index (χ0v) is 22.0. The van der Waals surface area contributed by atoms with Crippen LogP contribution in [0.1, 0.15) is 70.9 Å². The molecule has 1 aromatic rings. The molecule has 0 N–H and O–H groups in total. The van der Waals surface area contributed by atoms with Gasteiger partial charge in [0.15, 0.2) is 5.54 Å². The van der Waals surface area contributed by atoms with Crippen molar-refractivity contribution in [3.8, 4) is 0 Å². The van der Waals surface area contributed by atoms with Gasteiger partial charge in [-0.15, -0.1) is 0 Å². The third-order valence-corrected chi connectivity index (χ3v) is 7.75. The molecule has 0 saturated heterocycles. The monoisotopic (exact) mass is 475 g/mol. The van der Waals surface area contributed by atoms with Gasteiger partial charge in [-0.1, -0.05) is 44.5 Å². The highest BCUT2D eigenvalue weighted by molar-refractivity contribution is 6.30. The van der Waals surface area contributed by atoms with Crippen molar-refractivity contribution in [2.75, 3.05) is 27.7 Å². The lowest BCUT2D eigenvalue weighted by molar-refractivity contribution is -0.150. The van der Waals surface area contributed by atoms with Crippen molar-refractivity contribution in [2.24, 2.45) is 22.7 Å². The quantitative estimate of drug-likeness (QED) is 0.421. The summed E-state index contributed by atoms with van der Waals surface area (Å²) in [6.07, 6.45) is 8.20. The van der Waals surface area contributed by atoms with Gasteiger partial charge < -0.3 is 14.5 Å². The first-order valence-electron chi connectivity index (χ1n) is 12.5. The van der Waals surface area contributed by atoms with Gasteiger partial charge in [0.25, 0.3) is 0 Å². The third kappa shape index (κ3) is 5.57. The summed E-state index contributed by atoms with van der Waals surface area (Å²) in [6, 6.07) is 8.77. The van der Waals surface area contributed by atoms with Gasteiger partial charge in [-0.25, -0.2) is 4.79 Å². The number of hydrogen-bond acceptors (Lipinski definition) is 5. The van der Waals surface area contributed by atoms with Gasteiger partial charge in [-0.3, -0.25) is 4.99 Å². The third-order valence-electron chi connectivity index (χ3n) is 7.50. The number of rotatable bonds is 9. The summed E-state index contributed by atoms with van der Waals surface area (Å²) in [5, 5.41) is 0.779. The van der Waals surface area contributed by atoms with E-state index in [1.54, 1.807) is 0 Å². The van der Waals surface area contributed by atoms with Crippen molar-refractivity contribution in [3.63, 3.8) is 0 Å². The molecule has 1 fully saturated rings. The Morgan fingerprint density at radius 3 is 2.36 bits per heavy atom. The molecule has 0 spiro atoms. The van der Waals surface area contributed by atoms with Crippen molar-refractivity contribution in [1.82, 2.24) is 9.80 Å². The number of hydrogen-bond donors (Lipinski definition) is 0. The molecule has 6 heteroatoms. The zero-order valence-electron chi connectivity index (χ0n) is 21.3. The van der Waals surface area contributed by atoms with E-state index in [1.165, 1.54) is 12.7 Å². The molecular weight excluding hydrogens is 434 g/mol. The van der Waals surface area contributed by atoms with Gasteiger partial charge >= 0.3 is 5.97 Å². The topological polar surface area (TPSA) is 45.1 Å². The molecule has 1 aromatic carbocycles. The molecule has 3 rings (SSSR count). The summed E-state index contributed by atoms with van der Waals surface area (Å²) in [5.74, 6) is 1.20.